The number of nitrogens with zero attached hydrogens (tertiary/aromatic N) is 8. The third-order valence-electron chi connectivity index (χ3n) is 17.5. The molecule has 390 valence electrons. The summed E-state index contributed by atoms with van der Waals surface area (Å²) in [5.41, 5.74) is 16.6. The Morgan fingerprint density at radius 3 is 1.08 bits per heavy atom. The van der Waals surface area contributed by atoms with Crippen molar-refractivity contribution in [3.05, 3.63) is 267 Å². The van der Waals surface area contributed by atoms with Crippen LogP contribution in [0.1, 0.15) is 0 Å². The Kier molecular flexibility index (Phi) is 9.15. The molecule has 0 N–H and O–H groups in total. The minimum absolute atomic E-state index is 0.517. The van der Waals surface area contributed by atoms with E-state index in [1.54, 1.807) is 0 Å². The second kappa shape index (κ2) is 17.0. The molecule has 0 spiro atoms. The molecule has 12 aromatic carbocycles. The van der Waals surface area contributed by atoms with E-state index in [2.05, 4.69) is 278 Å². The topological polar surface area (TPSA) is 76.5 Å². The third-order valence-corrected chi connectivity index (χ3v) is 17.5. The SMILES string of the molecule is c1ccc(-n2c3ccccc3c3c4c5ccccc5n(-c5nc(-c6ccc(-n7c8ccccc8c8cc9oc%10ccccc%10c9cc87)cc6)nc(-n6c7ccccc7c7c8c9ccccc9n(-c9ccccc9)c8ccc76)n5)c4ccc32)cc1. The van der Waals surface area contributed by atoms with Crippen LogP contribution in [-0.2, 0) is 0 Å². The largest absolute Gasteiger partial charge is 0.456 e. The van der Waals surface area contributed by atoms with Crippen LogP contribution in [0, 0.1) is 0 Å². The third kappa shape index (κ3) is 6.18. The zero-order valence-corrected chi connectivity index (χ0v) is 44.9. The lowest BCUT2D eigenvalue weighted by atomic mass is 10.1. The Hall–Kier alpha value is -11.6. The quantitative estimate of drug-likeness (QED) is 0.166. The summed E-state index contributed by atoms with van der Waals surface area (Å²) in [7, 11) is 0. The van der Waals surface area contributed by atoms with Gasteiger partial charge in [-0.15, -0.1) is 0 Å². The molecular weight excluding hydrogens is 1030 g/mol. The molecule has 0 unspecified atom stereocenters. The number of furan rings is 1. The highest BCUT2D eigenvalue weighted by Crippen LogP contribution is 2.45. The summed E-state index contributed by atoms with van der Waals surface area (Å²) in [6, 6.07) is 95.3. The highest BCUT2D eigenvalue weighted by molar-refractivity contribution is 6.30. The summed E-state index contributed by atoms with van der Waals surface area (Å²) in [5, 5.41) is 13.7. The van der Waals surface area contributed by atoms with Crippen molar-refractivity contribution in [2.75, 3.05) is 0 Å². The number of hydrogen-bond donors (Lipinski definition) is 0. The molecule has 0 saturated carbocycles. The van der Waals surface area contributed by atoms with Gasteiger partial charge in [0, 0.05) is 87.3 Å². The van der Waals surface area contributed by atoms with Gasteiger partial charge in [0.2, 0.25) is 11.9 Å². The lowest BCUT2D eigenvalue weighted by Crippen LogP contribution is -2.10. The lowest BCUT2D eigenvalue weighted by Gasteiger charge is -2.13. The van der Waals surface area contributed by atoms with Gasteiger partial charge in [0.15, 0.2) is 5.82 Å². The van der Waals surface area contributed by atoms with E-state index in [1.807, 2.05) is 12.1 Å². The van der Waals surface area contributed by atoms with E-state index < -0.39 is 0 Å². The molecule has 0 aliphatic carbocycles. The van der Waals surface area contributed by atoms with E-state index in [0.29, 0.717) is 17.7 Å². The van der Waals surface area contributed by atoms with Crippen molar-refractivity contribution in [2.24, 2.45) is 0 Å². The Morgan fingerprint density at radius 2 is 0.595 bits per heavy atom. The maximum atomic E-state index is 6.43. The van der Waals surface area contributed by atoms with Crippen molar-refractivity contribution in [3.8, 4) is 40.3 Å². The predicted molar refractivity (Wildman–Crippen MR) is 344 cm³/mol. The highest BCUT2D eigenvalue weighted by atomic mass is 16.3. The highest BCUT2D eigenvalue weighted by Gasteiger charge is 2.26. The second-order valence-electron chi connectivity index (χ2n) is 21.9. The van der Waals surface area contributed by atoms with E-state index in [-0.39, 0.29) is 0 Å². The molecule has 0 saturated heterocycles. The van der Waals surface area contributed by atoms with Crippen LogP contribution in [-0.4, -0.2) is 37.8 Å². The summed E-state index contributed by atoms with van der Waals surface area (Å²) < 4.78 is 18.1. The summed E-state index contributed by atoms with van der Waals surface area (Å²) in [4.78, 5) is 16.9. The number of benzene rings is 12. The minimum Gasteiger partial charge on any atom is -0.456 e. The van der Waals surface area contributed by atoms with Gasteiger partial charge >= 0.3 is 0 Å². The maximum absolute atomic E-state index is 6.43. The molecule has 0 bridgehead atoms. The lowest BCUT2D eigenvalue weighted by molar-refractivity contribution is 0.669. The van der Waals surface area contributed by atoms with Gasteiger partial charge in [0.05, 0.1) is 55.2 Å². The van der Waals surface area contributed by atoms with Crippen molar-refractivity contribution >= 4 is 131 Å². The molecule has 0 atom stereocenters. The van der Waals surface area contributed by atoms with Crippen molar-refractivity contribution in [2.45, 2.75) is 0 Å². The van der Waals surface area contributed by atoms with Crippen LogP contribution in [0.15, 0.2) is 271 Å². The van der Waals surface area contributed by atoms with Gasteiger partial charge in [-0.05, 0) is 121 Å². The average molecular weight is 1070 g/mol. The van der Waals surface area contributed by atoms with Gasteiger partial charge in [0.25, 0.3) is 0 Å². The van der Waals surface area contributed by atoms with Crippen LogP contribution in [0.4, 0.5) is 0 Å². The minimum atomic E-state index is 0.517. The molecule has 0 amide bonds. The number of aromatic nitrogens is 8. The summed E-state index contributed by atoms with van der Waals surface area (Å²) in [5.74, 6) is 1.58. The van der Waals surface area contributed by atoms with E-state index in [0.717, 1.165) is 132 Å². The van der Waals surface area contributed by atoms with Crippen LogP contribution >= 0.6 is 0 Å². The van der Waals surface area contributed by atoms with Gasteiger partial charge in [-0.1, -0.05) is 146 Å². The fourth-order valence-electron chi connectivity index (χ4n) is 14.1. The Balaban J connectivity index is 0.881. The van der Waals surface area contributed by atoms with Crippen LogP contribution in [0.3, 0.4) is 0 Å². The molecule has 7 heterocycles. The molecule has 9 heteroatoms. The summed E-state index contributed by atoms with van der Waals surface area (Å²) in [6.45, 7) is 0. The second-order valence-corrected chi connectivity index (χ2v) is 21.9. The number of hydrogen-bond acceptors (Lipinski definition) is 4. The Bertz CT molecular complexity index is 5730. The monoisotopic (exact) mass is 1070 g/mol. The molecule has 84 heavy (non-hydrogen) atoms. The van der Waals surface area contributed by atoms with Crippen LogP contribution in [0.2, 0.25) is 0 Å². The van der Waals surface area contributed by atoms with Crippen LogP contribution in [0.5, 0.6) is 0 Å². The Morgan fingerprint density at radius 1 is 0.226 bits per heavy atom. The fraction of sp³-hybridized carbons (Fsp3) is 0. The van der Waals surface area contributed by atoms with Gasteiger partial charge in [-0.2, -0.15) is 15.0 Å². The molecule has 0 aliphatic rings. The molecule has 7 aromatic heterocycles. The zero-order chi connectivity index (χ0) is 54.7. The number of fused-ring (bicyclic) bond motifs is 20. The van der Waals surface area contributed by atoms with E-state index >= 15 is 0 Å². The van der Waals surface area contributed by atoms with E-state index in [9.17, 15) is 0 Å². The molecule has 9 nitrogen and oxygen atoms in total. The molecular formula is C75H44N8O. The summed E-state index contributed by atoms with van der Waals surface area (Å²) >= 11 is 0. The van der Waals surface area contributed by atoms with Gasteiger partial charge in [0.1, 0.15) is 11.2 Å². The van der Waals surface area contributed by atoms with Crippen molar-refractivity contribution in [1.29, 1.82) is 0 Å². The van der Waals surface area contributed by atoms with Crippen molar-refractivity contribution in [1.82, 2.24) is 37.8 Å². The maximum Gasteiger partial charge on any atom is 0.240 e. The molecule has 0 fully saturated rings. The first kappa shape index (κ1) is 45.2. The average Bonchev–Trinajstić information content (AvgIpc) is 2.13. The van der Waals surface area contributed by atoms with E-state index in [4.69, 9.17) is 19.4 Å². The fourth-order valence-corrected chi connectivity index (χ4v) is 14.1. The number of rotatable bonds is 6. The first-order chi connectivity index (χ1) is 41.7. The van der Waals surface area contributed by atoms with Crippen molar-refractivity contribution < 1.29 is 4.42 Å². The predicted octanol–water partition coefficient (Wildman–Crippen LogP) is 18.9. The van der Waals surface area contributed by atoms with Crippen molar-refractivity contribution in [3.63, 3.8) is 0 Å². The van der Waals surface area contributed by atoms with Gasteiger partial charge in [-0.3, -0.25) is 9.13 Å². The van der Waals surface area contributed by atoms with Gasteiger partial charge in [-0.25, -0.2) is 0 Å². The Labute approximate surface area is 478 Å². The van der Waals surface area contributed by atoms with E-state index in [1.165, 1.54) is 21.5 Å². The molecule has 0 aliphatic heterocycles. The zero-order valence-electron chi connectivity index (χ0n) is 44.9. The smallest absolute Gasteiger partial charge is 0.240 e. The molecule has 19 aromatic rings. The number of para-hydroxylation sites is 8. The first-order valence-electron chi connectivity index (χ1n) is 28.4. The van der Waals surface area contributed by atoms with Crippen LogP contribution < -0.4 is 0 Å². The normalized spacial score (nSPS) is 12.3. The van der Waals surface area contributed by atoms with Gasteiger partial charge < -0.3 is 18.1 Å². The first-order valence-corrected chi connectivity index (χ1v) is 28.4. The standard InChI is InChI=1S/C75H44N8O/c1-3-19-46(20-4-1)79-58-30-14-8-25-51(58)69-62(79)39-41-64-71(69)53-27-10-16-32-60(53)82(64)74-76-73(45-35-37-48(38-36-45)81-57-29-13-7-23-49(57)55-44-68-56(43-66(55)81)50-24-12-18-34-67(50)84-68)77-75(78-74)83-61-33-17-11-28-54(61)72-65(83)42-40-63-70(72)52-26-9-15-31-59(52)80(63)47-21-5-2-6-22-47/h1-44H. The molecule has 0 radical (unpaired) electrons. The summed E-state index contributed by atoms with van der Waals surface area (Å²) in [6.07, 6.45) is 0. The molecule has 19 rings (SSSR count). The van der Waals surface area contributed by atoms with Crippen LogP contribution in [0.25, 0.3) is 171 Å².